The van der Waals surface area contributed by atoms with Gasteiger partial charge in [0, 0.05) is 13.2 Å². The van der Waals surface area contributed by atoms with E-state index in [1.165, 1.54) is 29.5 Å². The molecule has 18 heavy (non-hydrogen) atoms. The molecule has 0 radical (unpaired) electrons. The van der Waals surface area contributed by atoms with E-state index in [9.17, 15) is 0 Å². The van der Waals surface area contributed by atoms with Crippen LogP contribution in [0.5, 0.6) is 0 Å². The lowest BCUT2D eigenvalue weighted by molar-refractivity contribution is 0.0534. The van der Waals surface area contributed by atoms with Gasteiger partial charge in [-0.3, -0.25) is 0 Å². The Morgan fingerprint density at radius 1 is 1.28 bits per heavy atom. The Hall–Kier alpha value is -0.860. The highest BCUT2D eigenvalue weighted by Crippen LogP contribution is 2.36. The summed E-state index contributed by atoms with van der Waals surface area (Å²) >= 11 is 0. The van der Waals surface area contributed by atoms with E-state index >= 15 is 0 Å². The fraction of sp³-hybridized carbons (Fsp3) is 0.625. The molecule has 0 bridgehead atoms. The number of rotatable bonds is 6. The smallest absolute Gasteiger partial charge is 0.0755 e. The highest BCUT2D eigenvalue weighted by Gasteiger charge is 2.36. The van der Waals surface area contributed by atoms with Crippen molar-refractivity contribution in [1.29, 1.82) is 0 Å². The van der Waals surface area contributed by atoms with Gasteiger partial charge in [-0.1, -0.05) is 18.2 Å². The topological polar surface area (TPSA) is 21.3 Å². The van der Waals surface area contributed by atoms with Crippen molar-refractivity contribution in [3.8, 4) is 0 Å². The molecule has 2 rings (SSSR count). The summed E-state index contributed by atoms with van der Waals surface area (Å²) in [5, 5.41) is 3.43. The molecule has 1 aromatic carbocycles. The van der Waals surface area contributed by atoms with Crippen molar-refractivity contribution in [3.05, 3.63) is 34.9 Å². The molecular weight excluding hydrogens is 222 g/mol. The normalized spacial score (nSPS) is 18.7. The zero-order chi connectivity index (χ0) is 13.1. The van der Waals surface area contributed by atoms with E-state index in [-0.39, 0.29) is 0 Å². The molecule has 1 aliphatic carbocycles. The minimum Gasteiger partial charge on any atom is -0.380 e. The summed E-state index contributed by atoms with van der Waals surface area (Å²) in [6.07, 6.45) is 4.05. The first kappa shape index (κ1) is 13.6. The fourth-order valence-corrected chi connectivity index (χ4v) is 2.68. The van der Waals surface area contributed by atoms with Crippen LogP contribution < -0.4 is 5.32 Å². The summed E-state index contributed by atoms with van der Waals surface area (Å²) in [6.45, 7) is 4.35. The first-order valence-corrected chi connectivity index (χ1v) is 6.92. The lowest BCUT2D eigenvalue weighted by atomic mass is 9.96. The second kappa shape index (κ2) is 5.85. The Bertz CT molecular complexity index is 398. The van der Waals surface area contributed by atoms with E-state index in [2.05, 4.69) is 37.4 Å². The largest absolute Gasteiger partial charge is 0.380 e. The van der Waals surface area contributed by atoms with E-state index in [1.54, 1.807) is 0 Å². The average molecular weight is 247 g/mol. The van der Waals surface area contributed by atoms with Gasteiger partial charge >= 0.3 is 0 Å². The Balaban J connectivity index is 2.06. The second-order valence-electron chi connectivity index (χ2n) is 5.56. The van der Waals surface area contributed by atoms with E-state index < -0.39 is 0 Å². The van der Waals surface area contributed by atoms with Gasteiger partial charge in [0.15, 0.2) is 0 Å². The van der Waals surface area contributed by atoms with Crippen LogP contribution in [-0.4, -0.2) is 26.3 Å². The maximum atomic E-state index is 5.69. The maximum Gasteiger partial charge on any atom is 0.0755 e. The zero-order valence-corrected chi connectivity index (χ0v) is 12.0. The van der Waals surface area contributed by atoms with Crippen molar-refractivity contribution in [2.24, 2.45) is 5.92 Å². The molecule has 0 spiro atoms. The Morgan fingerprint density at radius 2 is 2.00 bits per heavy atom. The molecule has 2 atom stereocenters. The summed E-state index contributed by atoms with van der Waals surface area (Å²) in [7, 11) is 3.88. The number of methoxy groups -OCH3 is 1. The van der Waals surface area contributed by atoms with Crippen LogP contribution >= 0.6 is 0 Å². The Kier molecular flexibility index (Phi) is 4.41. The number of hydrogen-bond acceptors (Lipinski definition) is 2. The van der Waals surface area contributed by atoms with E-state index in [4.69, 9.17) is 4.74 Å². The van der Waals surface area contributed by atoms with Crippen molar-refractivity contribution in [2.45, 2.75) is 45.3 Å². The second-order valence-corrected chi connectivity index (χ2v) is 5.56. The number of aryl methyl sites for hydroxylation is 2. The molecule has 0 aliphatic heterocycles. The number of hydrogen-bond donors (Lipinski definition) is 1. The van der Waals surface area contributed by atoms with Gasteiger partial charge in [-0.15, -0.1) is 0 Å². The summed E-state index contributed by atoms with van der Waals surface area (Å²) in [6, 6.07) is 7.19. The standard InChI is InChI=1S/C16H25NO/c1-11-5-6-13(9-12(11)2)10-15(17-3)16(18-4)14-7-8-14/h5-6,9,14-17H,7-8,10H2,1-4H3. The molecule has 0 saturated heterocycles. The highest BCUT2D eigenvalue weighted by atomic mass is 16.5. The van der Waals surface area contributed by atoms with Crippen LogP contribution in [-0.2, 0) is 11.2 Å². The number of ether oxygens (including phenoxy) is 1. The van der Waals surface area contributed by atoms with Gasteiger partial charge in [-0.05, 0) is 62.8 Å². The van der Waals surface area contributed by atoms with Gasteiger partial charge in [0.05, 0.1) is 6.10 Å². The monoisotopic (exact) mass is 247 g/mol. The Labute approximate surface area is 111 Å². The molecular formula is C16H25NO. The lowest BCUT2D eigenvalue weighted by Gasteiger charge is -2.26. The van der Waals surface area contributed by atoms with Crippen LogP contribution in [0.1, 0.15) is 29.5 Å². The van der Waals surface area contributed by atoms with Crippen molar-refractivity contribution in [1.82, 2.24) is 5.32 Å². The molecule has 1 aliphatic rings. The van der Waals surface area contributed by atoms with Crippen molar-refractivity contribution in [3.63, 3.8) is 0 Å². The fourth-order valence-electron chi connectivity index (χ4n) is 2.68. The van der Waals surface area contributed by atoms with Gasteiger partial charge in [-0.2, -0.15) is 0 Å². The number of likely N-dealkylation sites (N-methyl/N-ethyl adjacent to an activating group) is 1. The lowest BCUT2D eigenvalue weighted by Crippen LogP contribution is -2.42. The summed E-state index contributed by atoms with van der Waals surface area (Å²) in [5.41, 5.74) is 4.15. The molecule has 1 N–H and O–H groups in total. The first-order valence-electron chi connectivity index (χ1n) is 6.92. The molecule has 1 saturated carbocycles. The molecule has 1 fully saturated rings. The molecule has 0 heterocycles. The van der Waals surface area contributed by atoms with Crippen LogP contribution in [0.2, 0.25) is 0 Å². The zero-order valence-electron chi connectivity index (χ0n) is 12.0. The SMILES string of the molecule is CNC(Cc1ccc(C)c(C)c1)C(OC)C1CC1. The molecule has 100 valence electrons. The highest BCUT2D eigenvalue weighted by molar-refractivity contribution is 5.30. The van der Waals surface area contributed by atoms with Crippen molar-refractivity contribution < 1.29 is 4.74 Å². The summed E-state index contributed by atoms with van der Waals surface area (Å²) in [5.74, 6) is 0.763. The molecule has 1 aromatic rings. The van der Waals surface area contributed by atoms with Crippen LogP contribution in [0.15, 0.2) is 18.2 Å². The minimum atomic E-state index is 0.358. The van der Waals surface area contributed by atoms with Crippen molar-refractivity contribution >= 4 is 0 Å². The third kappa shape index (κ3) is 3.12. The molecule has 2 nitrogen and oxygen atoms in total. The quantitative estimate of drug-likeness (QED) is 0.834. The van der Waals surface area contributed by atoms with Gasteiger partial charge in [-0.25, -0.2) is 0 Å². The number of benzene rings is 1. The third-order valence-corrected chi connectivity index (χ3v) is 4.15. The molecule has 0 amide bonds. The van der Waals surface area contributed by atoms with E-state index in [0.29, 0.717) is 12.1 Å². The summed E-state index contributed by atoms with van der Waals surface area (Å²) < 4.78 is 5.69. The maximum absolute atomic E-state index is 5.69. The predicted molar refractivity (Wildman–Crippen MR) is 76.0 cm³/mol. The molecule has 0 aromatic heterocycles. The van der Waals surface area contributed by atoms with Gasteiger partial charge in [0.1, 0.15) is 0 Å². The van der Waals surface area contributed by atoms with Crippen molar-refractivity contribution in [2.75, 3.05) is 14.2 Å². The van der Waals surface area contributed by atoms with Gasteiger partial charge in [0.25, 0.3) is 0 Å². The number of nitrogens with one attached hydrogen (secondary N) is 1. The van der Waals surface area contributed by atoms with Crippen LogP contribution in [0.4, 0.5) is 0 Å². The summed E-state index contributed by atoms with van der Waals surface area (Å²) in [4.78, 5) is 0. The van der Waals surface area contributed by atoms with Gasteiger partial charge < -0.3 is 10.1 Å². The van der Waals surface area contributed by atoms with Crippen LogP contribution in [0.3, 0.4) is 0 Å². The first-order chi connectivity index (χ1) is 8.65. The Morgan fingerprint density at radius 3 is 2.50 bits per heavy atom. The van der Waals surface area contributed by atoms with Crippen LogP contribution in [0, 0.1) is 19.8 Å². The van der Waals surface area contributed by atoms with E-state index in [1.807, 2.05) is 14.2 Å². The average Bonchev–Trinajstić information content (AvgIpc) is 3.18. The van der Waals surface area contributed by atoms with Gasteiger partial charge in [0.2, 0.25) is 0 Å². The van der Waals surface area contributed by atoms with E-state index in [0.717, 1.165) is 12.3 Å². The van der Waals surface area contributed by atoms with Crippen LogP contribution in [0.25, 0.3) is 0 Å². The third-order valence-electron chi connectivity index (χ3n) is 4.15. The molecule has 2 heteroatoms. The minimum absolute atomic E-state index is 0.358. The predicted octanol–water partition coefficient (Wildman–Crippen LogP) is 2.86. The molecule has 2 unspecified atom stereocenters.